The Morgan fingerprint density at radius 3 is 0.721 bits per heavy atom. The molecule has 0 aliphatic rings. The van der Waals surface area contributed by atoms with Crippen molar-refractivity contribution in [2.45, 2.75) is 101 Å². The minimum Gasteiger partial charge on any atom is -0.0622 e. The fourth-order valence-corrected chi connectivity index (χ4v) is 14.8. The molecule has 0 saturated carbocycles. The standard InChI is InChI=1S/C41H54P2/c1-26(2)41(13,35(11)42(37-18-27(3)14-28(4)19-37)38-20-29(5)15-30(6)21-38)36(12)43(39-22-31(7)16-32(8)23-39)40-24-33(9)17-34(10)25-40/h14-26,35-36H,1-13H3. The van der Waals surface area contributed by atoms with Gasteiger partial charge in [-0.3, -0.25) is 0 Å². The predicted molar refractivity (Wildman–Crippen MR) is 198 cm³/mol. The van der Waals surface area contributed by atoms with Gasteiger partial charge in [0.1, 0.15) is 0 Å². The topological polar surface area (TPSA) is 0 Å². The summed E-state index contributed by atoms with van der Waals surface area (Å²) in [5.41, 5.74) is 12.0. The number of hydrogen-bond acceptors (Lipinski definition) is 0. The Labute approximate surface area is 266 Å². The van der Waals surface area contributed by atoms with Gasteiger partial charge < -0.3 is 0 Å². The van der Waals surface area contributed by atoms with Crippen molar-refractivity contribution in [3.63, 3.8) is 0 Å². The van der Waals surface area contributed by atoms with E-state index in [1.54, 1.807) is 0 Å². The fourth-order valence-electron chi connectivity index (χ4n) is 7.42. The average Bonchev–Trinajstić information content (AvgIpc) is 2.86. The molecule has 0 aromatic heterocycles. The molecule has 0 bridgehead atoms. The molecule has 0 N–H and O–H groups in total. The van der Waals surface area contributed by atoms with Crippen molar-refractivity contribution in [1.82, 2.24) is 0 Å². The second-order valence-corrected chi connectivity index (χ2v) is 19.1. The molecule has 0 nitrogen and oxygen atoms in total. The van der Waals surface area contributed by atoms with Gasteiger partial charge in [0, 0.05) is 0 Å². The van der Waals surface area contributed by atoms with E-state index < -0.39 is 15.8 Å². The van der Waals surface area contributed by atoms with E-state index in [0.717, 1.165) is 0 Å². The summed E-state index contributed by atoms with van der Waals surface area (Å²) in [6.45, 7) is 30.9. The molecule has 43 heavy (non-hydrogen) atoms. The third-order valence-corrected chi connectivity index (χ3v) is 15.7. The zero-order valence-electron chi connectivity index (χ0n) is 29.1. The molecule has 0 radical (unpaired) electrons. The Morgan fingerprint density at radius 2 is 0.558 bits per heavy atom. The first-order valence-corrected chi connectivity index (χ1v) is 18.8. The summed E-state index contributed by atoms with van der Waals surface area (Å²) in [7, 11) is -1.21. The zero-order chi connectivity index (χ0) is 31.8. The van der Waals surface area contributed by atoms with Gasteiger partial charge in [0.15, 0.2) is 0 Å². The van der Waals surface area contributed by atoms with Crippen LogP contribution in [0.15, 0.2) is 72.8 Å². The van der Waals surface area contributed by atoms with Crippen LogP contribution in [0.25, 0.3) is 0 Å². The molecule has 0 fully saturated rings. The van der Waals surface area contributed by atoms with E-state index in [-0.39, 0.29) is 5.41 Å². The van der Waals surface area contributed by atoms with E-state index in [0.29, 0.717) is 17.2 Å². The predicted octanol–water partition coefficient (Wildman–Crippen LogP) is 10.2. The van der Waals surface area contributed by atoms with Crippen LogP contribution in [0.2, 0.25) is 0 Å². The molecule has 4 rings (SSSR count). The highest BCUT2D eigenvalue weighted by atomic mass is 31.1. The van der Waals surface area contributed by atoms with Gasteiger partial charge in [-0.2, -0.15) is 0 Å². The first-order chi connectivity index (χ1) is 20.1. The molecule has 4 aromatic carbocycles. The molecule has 0 heterocycles. The van der Waals surface area contributed by atoms with Gasteiger partial charge >= 0.3 is 0 Å². The molecule has 0 spiro atoms. The monoisotopic (exact) mass is 608 g/mol. The summed E-state index contributed by atoms with van der Waals surface area (Å²) in [4.78, 5) is 0. The van der Waals surface area contributed by atoms with Crippen LogP contribution in [0.4, 0.5) is 0 Å². The average molecular weight is 609 g/mol. The van der Waals surface area contributed by atoms with Crippen molar-refractivity contribution in [2.24, 2.45) is 11.3 Å². The number of rotatable bonds is 9. The van der Waals surface area contributed by atoms with Crippen molar-refractivity contribution in [1.29, 1.82) is 0 Å². The smallest absolute Gasteiger partial charge is 0.00946 e. The van der Waals surface area contributed by atoms with Crippen LogP contribution in [0.1, 0.15) is 79.1 Å². The van der Waals surface area contributed by atoms with E-state index in [9.17, 15) is 0 Å². The van der Waals surface area contributed by atoms with Gasteiger partial charge in [0.25, 0.3) is 0 Å². The molecule has 2 heteroatoms. The summed E-state index contributed by atoms with van der Waals surface area (Å²) >= 11 is 0. The van der Waals surface area contributed by atoms with Crippen LogP contribution in [-0.4, -0.2) is 11.3 Å². The van der Waals surface area contributed by atoms with Gasteiger partial charge in [-0.25, -0.2) is 0 Å². The van der Waals surface area contributed by atoms with Crippen LogP contribution in [0.5, 0.6) is 0 Å². The first-order valence-electron chi connectivity index (χ1n) is 16.0. The summed E-state index contributed by atoms with van der Waals surface area (Å²) in [6, 6.07) is 29.2. The molecule has 2 atom stereocenters. The van der Waals surface area contributed by atoms with Gasteiger partial charge in [-0.1, -0.05) is 152 Å². The van der Waals surface area contributed by atoms with Crippen molar-refractivity contribution in [2.75, 3.05) is 0 Å². The molecule has 2 unspecified atom stereocenters. The van der Waals surface area contributed by atoms with Gasteiger partial charge in [-0.05, 0) is 115 Å². The third-order valence-electron chi connectivity index (χ3n) is 9.76. The number of aryl methyl sites for hydroxylation is 8. The maximum atomic E-state index is 2.63. The molecule has 4 aromatic rings. The Kier molecular flexibility index (Phi) is 10.5. The van der Waals surface area contributed by atoms with Crippen LogP contribution in [0, 0.1) is 66.7 Å². The molecule has 228 valence electrons. The highest BCUT2D eigenvalue weighted by Gasteiger charge is 2.47. The number of benzene rings is 4. The zero-order valence-corrected chi connectivity index (χ0v) is 30.8. The van der Waals surface area contributed by atoms with E-state index in [4.69, 9.17) is 0 Å². The van der Waals surface area contributed by atoms with Crippen molar-refractivity contribution < 1.29 is 0 Å². The highest BCUT2D eigenvalue weighted by Crippen LogP contribution is 2.59. The molecule has 0 saturated heterocycles. The second kappa shape index (κ2) is 13.4. The molecule has 0 amide bonds. The van der Waals surface area contributed by atoms with Crippen molar-refractivity contribution in [3.8, 4) is 0 Å². The fraction of sp³-hybridized carbons (Fsp3) is 0.415. The van der Waals surface area contributed by atoms with E-state index in [1.165, 1.54) is 65.7 Å². The lowest BCUT2D eigenvalue weighted by molar-refractivity contribution is 0.213. The SMILES string of the molecule is Cc1cc(C)cc(P(c2cc(C)cc(C)c2)C(C)C(C)(C(C)C)C(C)P(c2cc(C)cc(C)c2)c2cc(C)cc(C)c2)c1. The van der Waals surface area contributed by atoms with Gasteiger partial charge in [0.05, 0.1) is 0 Å². The van der Waals surface area contributed by atoms with Crippen LogP contribution in [0.3, 0.4) is 0 Å². The molecule has 0 aliphatic heterocycles. The lowest BCUT2D eigenvalue weighted by Gasteiger charge is -2.50. The minimum absolute atomic E-state index is 0.0853. The van der Waals surface area contributed by atoms with E-state index in [1.807, 2.05) is 0 Å². The Morgan fingerprint density at radius 1 is 0.372 bits per heavy atom. The Bertz CT molecular complexity index is 1300. The Hall–Kier alpha value is -2.26. The van der Waals surface area contributed by atoms with E-state index in [2.05, 4.69) is 163 Å². The Balaban J connectivity index is 1.98. The number of hydrogen-bond donors (Lipinski definition) is 0. The quantitative estimate of drug-likeness (QED) is 0.166. The lowest BCUT2D eigenvalue weighted by atomic mass is 9.74. The molecular formula is C41H54P2. The van der Waals surface area contributed by atoms with Crippen LogP contribution in [-0.2, 0) is 0 Å². The van der Waals surface area contributed by atoms with Crippen molar-refractivity contribution in [3.05, 3.63) is 117 Å². The summed E-state index contributed by atoms with van der Waals surface area (Å²) in [6.07, 6.45) is 0. The summed E-state index contributed by atoms with van der Waals surface area (Å²) in [5.74, 6) is 0.515. The van der Waals surface area contributed by atoms with Crippen LogP contribution < -0.4 is 21.2 Å². The largest absolute Gasteiger partial charge is 0.0622 e. The van der Waals surface area contributed by atoms with Crippen molar-refractivity contribution >= 4 is 37.1 Å². The molecule has 0 aliphatic carbocycles. The maximum Gasteiger partial charge on any atom is -0.00946 e. The molecular weight excluding hydrogens is 554 g/mol. The first kappa shape index (κ1) is 33.6. The summed E-state index contributed by atoms with van der Waals surface area (Å²) in [5, 5.41) is 6.08. The van der Waals surface area contributed by atoms with E-state index >= 15 is 0 Å². The third kappa shape index (κ3) is 7.35. The second-order valence-electron chi connectivity index (χ2n) is 14.0. The maximum absolute atomic E-state index is 2.63. The highest BCUT2D eigenvalue weighted by molar-refractivity contribution is 7.74. The van der Waals surface area contributed by atoms with Gasteiger partial charge in [-0.15, -0.1) is 0 Å². The lowest BCUT2D eigenvalue weighted by Crippen LogP contribution is -2.47. The van der Waals surface area contributed by atoms with Crippen LogP contribution >= 0.6 is 15.8 Å². The normalized spacial score (nSPS) is 14.8. The van der Waals surface area contributed by atoms with Gasteiger partial charge in [0.2, 0.25) is 0 Å². The summed E-state index contributed by atoms with van der Waals surface area (Å²) < 4.78 is 0. The minimum atomic E-state index is -0.607.